The zero-order valence-corrected chi connectivity index (χ0v) is 81.5. The van der Waals surface area contributed by atoms with E-state index >= 15 is 0 Å². The molecule has 2 atom stereocenters. The molecule has 0 aliphatic heterocycles. The molecule has 0 heterocycles. The average molecular weight is 1620 g/mol. The Labute approximate surface area is 744 Å². The molecule has 0 aromatic rings. The largest absolute Gasteiger partial charge is 2.00 e. The van der Waals surface area contributed by atoms with Crippen LogP contribution in [0.5, 0.6) is 0 Å². The van der Waals surface area contributed by atoms with Gasteiger partial charge >= 0.3 is 37.7 Å². The van der Waals surface area contributed by atoms with E-state index < -0.39 is 11.9 Å². The predicted octanol–water partition coefficient (Wildman–Crippen LogP) is 34.4. The molecule has 113 heavy (non-hydrogen) atoms. The van der Waals surface area contributed by atoms with Crippen LogP contribution in [-0.2, 0) is 9.59 Å². The number of rotatable bonds is 100. The molecule has 0 aromatic carbocycles. The molecule has 0 radical (unpaired) electrons. The molecule has 0 amide bonds. The number of carboxylic acids is 2. The molecule has 2 unspecified atom stereocenters. The van der Waals surface area contributed by atoms with E-state index in [2.05, 4.69) is 51.3 Å². The van der Waals surface area contributed by atoms with E-state index in [9.17, 15) is 19.8 Å². The summed E-state index contributed by atoms with van der Waals surface area (Å²) in [5.74, 6) is -1.77. The Bertz CT molecular complexity index is 1480. The van der Waals surface area contributed by atoms with Gasteiger partial charge in [0.05, 0.1) is 0 Å². The molecule has 6 nitrogen and oxygen atoms in total. The number of nitrogens with zero attached hydrogens (tertiary/aromatic N) is 2. The summed E-state index contributed by atoms with van der Waals surface area (Å²) in [5.41, 5.74) is 0. The third-order valence-corrected chi connectivity index (χ3v) is 26.0. The van der Waals surface area contributed by atoms with Crippen molar-refractivity contribution in [2.24, 2.45) is 0 Å². The van der Waals surface area contributed by atoms with Gasteiger partial charge in [-0.05, 0) is 64.7 Å². The van der Waals surface area contributed by atoms with Gasteiger partial charge in [-0.3, -0.25) is 0 Å². The SMILES string of the molecule is CCCCCCCCCCCCCCCCCCCCCCCCN(CCCCCCCCCCCCCCCCCCCCCCCC)C(CC)CC(=O)[O-].CCCCCCCCCCCCCCCCCCCCCCCCN(CCCCCCCCCCCCCCCCCCCCCCCC)C(CC)CC(=O)[O-].[Ca+2]. The number of carboxylic acid groups (broad SMARTS) is 2. The fourth-order valence-electron chi connectivity index (χ4n) is 18.1. The maximum absolute atomic E-state index is 11.5. The Morgan fingerprint density at radius 3 is 0.336 bits per heavy atom. The van der Waals surface area contributed by atoms with Crippen molar-refractivity contribution in [3.05, 3.63) is 0 Å². The quantitative estimate of drug-likeness (QED) is 0.0445. The van der Waals surface area contributed by atoms with Gasteiger partial charge in [-0.25, -0.2) is 0 Å². The van der Waals surface area contributed by atoms with Crippen LogP contribution in [0, 0.1) is 0 Å². The second kappa shape index (κ2) is 106. The molecule has 0 saturated carbocycles. The summed E-state index contributed by atoms with van der Waals surface area (Å²) in [6, 6.07) is 0.287. The van der Waals surface area contributed by atoms with Gasteiger partial charge in [-0.15, -0.1) is 0 Å². The summed E-state index contributed by atoms with van der Waals surface area (Å²) in [4.78, 5) is 28.0. The minimum Gasteiger partial charge on any atom is -0.550 e. The first kappa shape index (κ1) is 117. The van der Waals surface area contributed by atoms with Crippen LogP contribution in [0.15, 0.2) is 0 Å². The molecule has 7 heteroatoms. The Morgan fingerprint density at radius 1 is 0.168 bits per heavy atom. The van der Waals surface area contributed by atoms with E-state index in [0.29, 0.717) is 0 Å². The third-order valence-electron chi connectivity index (χ3n) is 26.0. The fourth-order valence-corrected chi connectivity index (χ4v) is 18.1. The molecule has 0 aromatic heterocycles. The van der Waals surface area contributed by atoms with Crippen molar-refractivity contribution in [2.75, 3.05) is 26.2 Å². The molecular weight excluding hydrogens is 1410 g/mol. The van der Waals surface area contributed by atoms with Gasteiger partial charge < -0.3 is 29.6 Å². The molecule has 0 rings (SSSR count). The first-order valence-corrected chi connectivity index (χ1v) is 53.2. The molecule has 0 N–H and O–H groups in total. The van der Waals surface area contributed by atoms with Crippen molar-refractivity contribution < 1.29 is 19.8 Å². The van der Waals surface area contributed by atoms with Crippen LogP contribution in [-0.4, -0.2) is 97.7 Å². The topological polar surface area (TPSA) is 86.7 Å². The first-order chi connectivity index (χ1) is 55.3. The van der Waals surface area contributed by atoms with E-state index in [0.717, 1.165) is 39.0 Å². The van der Waals surface area contributed by atoms with Crippen LogP contribution in [0.3, 0.4) is 0 Å². The smallest absolute Gasteiger partial charge is 0.550 e. The molecule has 0 saturated heterocycles. The maximum atomic E-state index is 11.5. The van der Waals surface area contributed by atoms with Gasteiger partial charge in [-0.1, -0.05) is 581 Å². The van der Waals surface area contributed by atoms with Crippen molar-refractivity contribution >= 4 is 49.7 Å². The second-order valence-corrected chi connectivity index (χ2v) is 37.0. The zero-order valence-electron chi connectivity index (χ0n) is 79.3. The standard InChI is InChI=1S/2C53H107NO2.Ca/c2*1-4-7-9-11-13-15-17-19-21-23-25-27-29-31-33-35-37-39-41-43-45-47-49-54(52(6-3)51-53(55)56)50-48-46-44-42-40-38-36-34-32-30-28-26-24-22-20-18-16-14-12-10-8-5-2;/h2*52H,4-51H2,1-3H3,(H,55,56);/q;;+2/p-2. The van der Waals surface area contributed by atoms with Crippen LogP contribution in [0.4, 0.5) is 0 Å². The normalized spacial score (nSPS) is 12.2. The number of unbranched alkanes of at least 4 members (excludes halogenated alkanes) is 84. The monoisotopic (exact) mass is 1620 g/mol. The Hall–Kier alpha value is 0.120. The van der Waals surface area contributed by atoms with E-state index in [1.807, 2.05) is 0 Å². The van der Waals surface area contributed by atoms with Gasteiger partial charge in [0.2, 0.25) is 0 Å². The average Bonchev–Trinajstić information content (AvgIpc) is 0.922. The van der Waals surface area contributed by atoms with E-state index in [1.54, 1.807) is 0 Å². The van der Waals surface area contributed by atoms with Crippen molar-refractivity contribution in [3.8, 4) is 0 Å². The molecule has 0 fully saturated rings. The molecule has 672 valence electrons. The van der Waals surface area contributed by atoms with Gasteiger partial charge in [0.1, 0.15) is 0 Å². The second-order valence-electron chi connectivity index (χ2n) is 37.0. The van der Waals surface area contributed by atoms with Crippen LogP contribution >= 0.6 is 0 Å². The summed E-state index contributed by atoms with van der Waals surface area (Å²) < 4.78 is 0. The molecular formula is C106H212CaN2O4. The van der Waals surface area contributed by atoms with Crippen molar-refractivity contribution in [3.63, 3.8) is 0 Å². The number of hydrogen-bond acceptors (Lipinski definition) is 6. The van der Waals surface area contributed by atoms with Gasteiger partial charge in [0.15, 0.2) is 0 Å². The first-order valence-electron chi connectivity index (χ1n) is 53.2. The molecule has 0 aliphatic rings. The summed E-state index contributed by atoms with van der Waals surface area (Å²) >= 11 is 0. The summed E-state index contributed by atoms with van der Waals surface area (Å²) in [6.07, 6.45) is 127. The number of carbonyl (C=O) groups is 2. The minimum absolute atomic E-state index is 0. The van der Waals surface area contributed by atoms with Crippen molar-refractivity contribution in [1.82, 2.24) is 9.80 Å². The van der Waals surface area contributed by atoms with Crippen LogP contribution in [0.25, 0.3) is 0 Å². The van der Waals surface area contributed by atoms with Gasteiger partial charge in [-0.2, -0.15) is 0 Å². The Morgan fingerprint density at radius 2 is 0.257 bits per heavy atom. The fraction of sp³-hybridized carbons (Fsp3) is 0.981. The van der Waals surface area contributed by atoms with Crippen LogP contribution in [0.1, 0.15) is 632 Å². The van der Waals surface area contributed by atoms with E-state index in [1.165, 1.54) is 565 Å². The Balaban J connectivity index is -0.00000212. The van der Waals surface area contributed by atoms with Gasteiger partial charge in [0.25, 0.3) is 0 Å². The maximum Gasteiger partial charge on any atom is 2.00 e. The van der Waals surface area contributed by atoms with E-state index in [4.69, 9.17) is 0 Å². The number of carbonyl (C=O) groups excluding carboxylic acids is 2. The third kappa shape index (κ3) is 101. The summed E-state index contributed by atoms with van der Waals surface area (Å²) in [7, 11) is 0. The predicted molar refractivity (Wildman–Crippen MR) is 505 cm³/mol. The summed E-state index contributed by atoms with van der Waals surface area (Å²) in [5, 5.41) is 23.0. The zero-order chi connectivity index (χ0) is 81.3. The minimum atomic E-state index is -0.884. The van der Waals surface area contributed by atoms with Gasteiger partial charge in [0, 0.05) is 36.9 Å². The molecule has 0 spiro atoms. The molecule has 0 aliphatic carbocycles. The summed E-state index contributed by atoms with van der Waals surface area (Å²) in [6.45, 7) is 17.7. The van der Waals surface area contributed by atoms with Crippen molar-refractivity contribution in [1.29, 1.82) is 0 Å². The van der Waals surface area contributed by atoms with Crippen molar-refractivity contribution in [2.45, 2.75) is 644 Å². The number of hydrogen-bond donors (Lipinski definition) is 0. The van der Waals surface area contributed by atoms with Crippen LogP contribution in [0.2, 0.25) is 0 Å². The van der Waals surface area contributed by atoms with Crippen LogP contribution < -0.4 is 10.2 Å². The van der Waals surface area contributed by atoms with E-state index in [-0.39, 0.29) is 62.7 Å². The number of aliphatic carboxylic acids is 2. The molecule has 0 bridgehead atoms. The Kier molecular flexibility index (Phi) is 110.